The molecule has 1 aromatic heterocycles. The lowest BCUT2D eigenvalue weighted by Crippen LogP contribution is -2.38. The molecule has 0 fully saturated rings. The standard InChI is InChI=1S/C14H26N4O.HI/c1-6-12-11(13(7-2)19-18-12)9-17-14(15-5)16-8-10(3)4;/h10H,6-9H2,1-5H3,(H2,15,16,17);1H. The van der Waals surface area contributed by atoms with E-state index in [2.05, 4.69) is 48.5 Å². The summed E-state index contributed by atoms with van der Waals surface area (Å²) in [5, 5.41) is 10.7. The van der Waals surface area contributed by atoms with Gasteiger partial charge < -0.3 is 15.2 Å². The van der Waals surface area contributed by atoms with Crippen molar-refractivity contribution in [3.63, 3.8) is 0 Å². The van der Waals surface area contributed by atoms with Crippen molar-refractivity contribution in [1.82, 2.24) is 15.8 Å². The van der Waals surface area contributed by atoms with Crippen molar-refractivity contribution in [3.8, 4) is 0 Å². The predicted molar refractivity (Wildman–Crippen MR) is 93.7 cm³/mol. The molecule has 1 rings (SSSR count). The third kappa shape index (κ3) is 5.68. The number of hydrogen-bond acceptors (Lipinski definition) is 3. The van der Waals surface area contributed by atoms with Gasteiger partial charge in [-0.05, 0) is 12.3 Å². The van der Waals surface area contributed by atoms with Crippen LogP contribution in [-0.2, 0) is 19.4 Å². The molecule has 5 nitrogen and oxygen atoms in total. The van der Waals surface area contributed by atoms with Crippen LogP contribution in [0.1, 0.15) is 44.7 Å². The predicted octanol–water partition coefficient (Wildman–Crippen LogP) is 2.74. The van der Waals surface area contributed by atoms with Gasteiger partial charge in [-0.1, -0.05) is 32.9 Å². The van der Waals surface area contributed by atoms with Gasteiger partial charge in [0, 0.05) is 32.1 Å². The molecule has 6 heteroatoms. The molecule has 1 aromatic rings. The fourth-order valence-electron chi connectivity index (χ4n) is 1.83. The van der Waals surface area contributed by atoms with Crippen molar-refractivity contribution in [1.29, 1.82) is 0 Å². The van der Waals surface area contributed by atoms with Gasteiger partial charge in [-0.2, -0.15) is 0 Å². The third-order valence-corrected chi connectivity index (χ3v) is 2.94. The lowest BCUT2D eigenvalue weighted by atomic mass is 10.1. The first-order valence-electron chi connectivity index (χ1n) is 7.03. The molecule has 0 unspecified atom stereocenters. The number of nitrogens with zero attached hydrogens (tertiary/aromatic N) is 2. The molecule has 1 heterocycles. The molecular weight excluding hydrogens is 367 g/mol. The highest BCUT2D eigenvalue weighted by Gasteiger charge is 2.13. The summed E-state index contributed by atoms with van der Waals surface area (Å²) < 4.78 is 5.35. The zero-order valence-corrected chi connectivity index (χ0v) is 15.4. The molecule has 0 atom stereocenters. The van der Waals surface area contributed by atoms with Crippen molar-refractivity contribution in [2.75, 3.05) is 13.6 Å². The van der Waals surface area contributed by atoms with Gasteiger partial charge in [-0.15, -0.1) is 24.0 Å². The Hall–Kier alpha value is -0.790. The van der Waals surface area contributed by atoms with Crippen LogP contribution in [0.15, 0.2) is 9.52 Å². The molecule has 0 amide bonds. The highest BCUT2D eigenvalue weighted by molar-refractivity contribution is 14.0. The first kappa shape index (κ1) is 19.2. The van der Waals surface area contributed by atoms with E-state index < -0.39 is 0 Å². The molecule has 116 valence electrons. The molecule has 0 spiro atoms. The second-order valence-corrected chi connectivity index (χ2v) is 4.94. The fourth-order valence-corrected chi connectivity index (χ4v) is 1.83. The molecule has 20 heavy (non-hydrogen) atoms. The minimum absolute atomic E-state index is 0. The average Bonchev–Trinajstić information content (AvgIpc) is 2.80. The number of aromatic nitrogens is 1. The van der Waals surface area contributed by atoms with E-state index in [0.29, 0.717) is 12.5 Å². The Kier molecular flexibility index (Phi) is 9.62. The maximum absolute atomic E-state index is 5.35. The molecule has 0 saturated carbocycles. The number of hydrogen-bond donors (Lipinski definition) is 2. The molecule has 0 aliphatic rings. The Balaban J connectivity index is 0.00000361. The van der Waals surface area contributed by atoms with Crippen molar-refractivity contribution < 1.29 is 4.52 Å². The number of nitrogens with one attached hydrogen (secondary N) is 2. The second kappa shape index (κ2) is 10.0. The Bertz CT molecular complexity index is 394. The van der Waals surface area contributed by atoms with Gasteiger partial charge in [0.1, 0.15) is 5.76 Å². The number of aliphatic imine (C=N–C) groups is 1. The molecule has 0 aromatic carbocycles. The van der Waals surface area contributed by atoms with Crippen LogP contribution in [0.3, 0.4) is 0 Å². The highest BCUT2D eigenvalue weighted by atomic mass is 127. The quantitative estimate of drug-likeness (QED) is 0.443. The Morgan fingerprint density at radius 3 is 2.45 bits per heavy atom. The van der Waals surface area contributed by atoms with E-state index in [1.807, 2.05) is 0 Å². The smallest absolute Gasteiger partial charge is 0.191 e. The normalized spacial score (nSPS) is 11.4. The van der Waals surface area contributed by atoms with E-state index in [0.717, 1.165) is 42.4 Å². The summed E-state index contributed by atoms with van der Waals surface area (Å²) in [6.07, 6.45) is 1.75. The molecule has 0 saturated heterocycles. The Morgan fingerprint density at radius 2 is 1.95 bits per heavy atom. The summed E-state index contributed by atoms with van der Waals surface area (Å²) in [7, 11) is 1.78. The topological polar surface area (TPSA) is 62.5 Å². The third-order valence-electron chi connectivity index (χ3n) is 2.94. The molecule has 2 N–H and O–H groups in total. The number of rotatable bonds is 6. The minimum Gasteiger partial charge on any atom is -0.361 e. The zero-order valence-electron chi connectivity index (χ0n) is 13.1. The number of aryl methyl sites for hydroxylation is 2. The van der Waals surface area contributed by atoms with Gasteiger partial charge in [-0.3, -0.25) is 4.99 Å². The van der Waals surface area contributed by atoms with Crippen molar-refractivity contribution in [2.45, 2.75) is 47.1 Å². The van der Waals surface area contributed by atoms with Crippen molar-refractivity contribution in [2.24, 2.45) is 10.9 Å². The van der Waals surface area contributed by atoms with Gasteiger partial charge in [0.25, 0.3) is 0 Å². The fraction of sp³-hybridized carbons (Fsp3) is 0.714. The van der Waals surface area contributed by atoms with Crippen LogP contribution < -0.4 is 10.6 Å². The largest absolute Gasteiger partial charge is 0.361 e. The number of halogens is 1. The van der Waals surface area contributed by atoms with Gasteiger partial charge in [0.05, 0.1) is 5.69 Å². The lowest BCUT2D eigenvalue weighted by molar-refractivity contribution is 0.380. The molecule has 0 radical (unpaired) electrons. The summed E-state index contributed by atoms with van der Waals surface area (Å²) in [5.74, 6) is 2.37. The molecule has 0 aliphatic carbocycles. The van der Waals surface area contributed by atoms with Crippen molar-refractivity contribution >= 4 is 29.9 Å². The van der Waals surface area contributed by atoms with Crippen LogP contribution in [-0.4, -0.2) is 24.7 Å². The summed E-state index contributed by atoms with van der Waals surface area (Å²) >= 11 is 0. The first-order valence-corrected chi connectivity index (χ1v) is 7.03. The summed E-state index contributed by atoms with van der Waals surface area (Å²) in [5.41, 5.74) is 2.20. The van der Waals surface area contributed by atoms with E-state index >= 15 is 0 Å². The van der Waals surface area contributed by atoms with Crippen LogP contribution in [0, 0.1) is 5.92 Å². The maximum Gasteiger partial charge on any atom is 0.191 e. The monoisotopic (exact) mass is 394 g/mol. The van der Waals surface area contributed by atoms with E-state index in [1.165, 1.54) is 0 Å². The Morgan fingerprint density at radius 1 is 1.25 bits per heavy atom. The molecule has 0 aliphatic heterocycles. The maximum atomic E-state index is 5.35. The summed E-state index contributed by atoms with van der Waals surface area (Å²) in [6, 6.07) is 0. The van der Waals surface area contributed by atoms with E-state index in [1.54, 1.807) is 7.05 Å². The first-order chi connectivity index (χ1) is 9.12. The van der Waals surface area contributed by atoms with Gasteiger partial charge in [0.2, 0.25) is 0 Å². The van der Waals surface area contributed by atoms with Crippen LogP contribution >= 0.6 is 24.0 Å². The van der Waals surface area contributed by atoms with Gasteiger partial charge in [0.15, 0.2) is 5.96 Å². The summed E-state index contributed by atoms with van der Waals surface area (Å²) in [6.45, 7) is 10.1. The highest BCUT2D eigenvalue weighted by Crippen LogP contribution is 2.15. The zero-order chi connectivity index (χ0) is 14.3. The second-order valence-electron chi connectivity index (χ2n) is 4.94. The number of guanidine groups is 1. The SMILES string of the molecule is CCc1noc(CC)c1CNC(=NC)NCC(C)C.I. The lowest BCUT2D eigenvalue weighted by Gasteiger charge is -2.13. The van der Waals surface area contributed by atoms with Crippen LogP contribution in [0.2, 0.25) is 0 Å². The summed E-state index contributed by atoms with van der Waals surface area (Å²) in [4.78, 5) is 4.21. The van der Waals surface area contributed by atoms with Crippen LogP contribution in [0.4, 0.5) is 0 Å². The minimum atomic E-state index is 0. The van der Waals surface area contributed by atoms with Crippen LogP contribution in [0.25, 0.3) is 0 Å². The van der Waals surface area contributed by atoms with Gasteiger partial charge >= 0.3 is 0 Å². The molecule has 0 bridgehead atoms. The molecular formula is C14H27IN4O. The van der Waals surface area contributed by atoms with Crippen LogP contribution in [0.5, 0.6) is 0 Å². The van der Waals surface area contributed by atoms with E-state index in [4.69, 9.17) is 4.52 Å². The van der Waals surface area contributed by atoms with Gasteiger partial charge in [-0.25, -0.2) is 0 Å². The average molecular weight is 394 g/mol. The van der Waals surface area contributed by atoms with Crippen molar-refractivity contribution in [3.05, 3.63) is 17.0 Å². The van der Waals surface area contributed by atoms with E-state index in [-0.39, 0.29) is 24.0 Å². The van der Waals surface area contributed by atoms with E-state index in [9.17, 15) is 0 Å². The Labute approximate surface area is 139 Å².